The van der Waals surface area contributed by atoms with Crippen LogP contribution in [0, 0.1) is 11.8 Å². The van der Waals surface area contributed by atoms with Crippen molar-refractivity contribution in [3.05, 3.63) is 0 Å². The molecular formula is C14H27ClN2O. The Morgan fingerprint density at radius 3 is 2.56 bits per heavy atom. The van der Waals surface area contributed by atoms with Gasteiger partial charge in [0.25, 0.3) is 0 Å². The number of hydrogen-bond donors (Lipinski definition) is 1. The van der Waals surface area contributed by atoms with Crippen LogP contribution in [-0.2, 0) is 4.79 Å². The van der Waals surface area contributed by atoms with Gasteiger partial charge in [-0.15, -0.1) is 12.4 Å². The Bertz CT molecular complexity index is 267. The molecule has 1 aliphatic heterocycles. The van der Waals surface area contributed by atoms with Crippen molar-refractivity contribution in [3.8, 4) is 0 Å². The third kappa shape index (κ3) is 4.13. The van der Waals surface area contributed by atoms with E-state index in [-0.39, 0.29) is 24.4 Å². The van der Waals surface area contributed by atoms with E-state index in [2.05, 4.69) is 6.92 Å². The topological polar surface area (TPSA) is 46.3 Å². The predicted octanol–water partition coefficient (Wildman–Crippen LogP) is 2.57. The van der Waals surface area contributed by atoms with Crippen LogP contribution in [0.3, 0.4) is 0 Å². The molecule has 4 heteroatoms. The molecule has 2 rings (SSSR count). The second-order valence-electron chi connectivity index (χ2n) is 5.97. The summed E-state index contributed by atoms with van der Waals surface area (Å²) in [5.41, 5.74) is 5.93. The first-order valence-corrected chi connectivity index (χ1v) is 7.21. The number of amides is 1. The van der Waals surface area contributed by atoms with Crippen molar-refractivity contribution in [2.45, 2.75) is 57.9 Å². The van der Waals surface area contributed by atoms with Gasteiger partial charge in [-0.05, 0) is 25.2 Å². The van der Waals surface area contributed by atoms with Crippen LogP contribution in [0.1, 0.15) is 51.9 Å². The number of rotatable bonds is 3. The molecule has 0 radical (unpaired) electrons. The highest BCUT2D eigenvalue weighted by Crippen LogP contribution is 2.31. The lowest BCUT2D eigenvalue weighted by atomic mass is 9.93. The molecule has 106 valence electrons. The molecule has 1 heterocycles. The zero-order valence-electron chi connectivity index (χ0n) is 11.4. The molecule has 2 atom stereocenters. The Labute approximate surface area is 117 Å². The first-order chi connectivity index (χ1) is 8.16. The van der Waals surface area contributed by atoms with Crippen LogP contribution in [0.2, 0.25) is 0 Å². The highest BCUT2D eigenvalue weighted by atomic mass is 35.5. The molecule has 1 amide bonds. The Balaban J connectivity index is 0.00000162. The second kappa shape index (κ2) is 7.34. The molecule has 2 unspecified atom stereocenters. The predicted molar refractivity (Wildman–Crippen MR) is 76.8 cm³/mol. The van der Waals surface area contributed by atoms with Crippen molar-refractivity contribution in [2.24, 2.45) is 17.6 Å². The van der Waals surface area contributed by atoms with E-state index < -0.39 is 0 Å². The van der Waals surface area contributed by atoms with Gasteiger partial charge in [-0.1, -0.05) is 32.6 Å². The molecule has 1 saturated carbocycles. The van der Waals surface area contributed by atoms with Gasteiger partial charge in [0.05, 0.1) is 0 Å². The van der Waals surface area contributed by atoms with Crippen molar-refractivity contribution in [1.82, 2.24) is 4.90 Å². The van der Waals surface area contributed by atoms with E-state index in [4.69, 9.17) is 5.73 Å². The van der Waals surface area contributed by atoms with Crippen molar-refractivity contribution in [1.29, 1.82) is 0 Å². The molecule has 0 aromatic rings. The summed E-state index contributed by atoms with van der Waals surface area (Å²) in [5.74, 6) is 1.34. The van der Waals surface area contributed by atoms with Gasteiger partial charge < -0.3 is 10.6 Å². The van der Waals surface area contributed by atoms with Crippen molar-refractivity contribution in [3.63, 3.8) is 0 Å². The van der Waals surface area contributed by atoms with E-state index in [1.54, 1.807) is 0 Å². The smallest absolute Gasteiger partial charge is 0.225 e. The molecule has 0 aromatic carbocycles. The van der Waals surface area contributed by atoms with Gasteiger partial charge in [-0.25, -0.2) is 0 Å². The summed E-state index contributed by atoms with van der Waals surface area (Å²) in [5, 5.41) is 0. The van der Waals surface area contributed by atoms with Crippen LogP contribution in [0.5, 0.6) is 0 Å². The van der Waals surface area contributed by atoms with Crippen LogP contribution in [0.15, 0.2) is 0 Å². The van der Waals surface area contributed by atoms with E-state index in [9.17, 15) is 4.79 Å². The minimum atomic E-state index is 0. The first kappa shape index (κ1) is 15.8. The van der Waals surface area contributed by atoms with E-state index >= 15 is 0 Å². The molecule has 0 bridgehead atoms. The zero-order chi connectivity index (χ0) is 12.3. The lowest BCUT2D eigenvalue weighted by molar-refractivity contribution is -0.136. The Morgan fingerprint density at radius 2 is 1.94 bits per heavy atom. The van der Waals surface area contributed by atoms with Gasteiger partial charge in [0, 0.05) is 25.0 Å². The van der Waals surface area contributed by atoms with Gasteiger partial charge >= 0.3 is 0 Å². The van der Waals surface area contributed by atoms with Gasteiger partial charge in [0.2, 0.25) is 5.91 Å². The number of carbonyl (C=O) groups excluding carboxylic acids is 1. The van der Waals surface area contributed by atoms with Gasteiger partial charge in [0.1, 0.15) is 0 Å². The maximum absolute atomic E-state index is 12.3. The van der Waals surface area contributed by atoms with Crippen molar-refractivity contribution < 1.29 is 4.79 Å². The average molecular weight is 275 g/mol. The van der Waals surface area contributed by atoms with E-state index in [0.29, 0.717) is 5.91 Å². The molecule has 2 fully saturated rings. The zero-order valence-corrected chi connectivity index (χ0v) is 12.3. The summed E-state index contributed by atoms with van der Waals surface area (Å²) in [7, 11) is 0. The number of carbonyl (C=O) groups is 1. The van der Waals surface area contributed by atoms with E-state index in [0.717, 1.165) is 38.3 Å². The molecule has 2 aliphatic rings. The van der Waals surface area contributed by atoms with Crippen molar-refractivity contribution >= 4 is 18.3 Å². The molecule has 1 saturated heterocycles. The lowest BCUT2D eigenvalue weighted by Gasteiger charge is -2.33. The summed E-state index contributed by atoms with van der Waals surface area (Å²) in [4.78, 5) is 14.3. The Hall–Kier alpha value is -0.280. The fraction of sp³-hybridized carbons (Fsp3) is 0.929. The summed E-state index contributed by atoms with van der Waals surface area (Å²) >= 11 is 0. The van der Waals surface area contributed by atoms with Crippen LogP contribution in [0.4, 0.5) is 0 Å². The Morgan fingerprint density at radius 1 is 1.28 bits per heavy atom. The van der Waals surface area contributed by atoms with Crippen LogP contribution in [-0.4, -0.2) is 29.9 Å². The first-order valence-electron chi connectivity index (χ1n) is 7.21. The van der Waals surface area contributed by atoms with E-state index in [1.807, 2.05) is 4.90 Å². The normalized spacial score (nSPS) is 26.8. The van der Waals surface area contributed by atoms with Gasteiger partial charge in [-0.2, -0.15) is 0 Å². The average Bonchev–Trinajstić information content (AvgIpc) is 2.80. The number of likely N-dealkylation sites (tertiary alicyclic amines) is 1. The number of nitrogens with two attached hydrogens (primary N) is 1. The largest absolute Gasteiger partial charge is 0.341 e. The maximum atomic E-state index is 12.3. The minimum Gasteiger partial charge on any atom is -0.341 e. The monoisotopic (exact) mass is 274 g/mol. The summed E-state index contributed by atoms with van der Waals surface area (Å²) in [6.07, 6.45) is 8.61. The molecule has 1 aliphatic carbocycles. The van der Waals surface area contributed by atoms with Crippen LogP contribution >= 0.6 is 12.4 Å². The Kier molecular flexibility index (Phi) is 6.44. The number of halogens is 1. The number of nitrogens with zero attached hydrogens (tertiary/aromatic N) is 1. The molecule has 3 nitrogen and oxygen atoms in total. The van der Waals surface area contributed by atoms with Gasteiger partial charge in [0.15, 0.2) is 0 Å². The highest BCUT2D eigenvalue weighted by Gasteiger charge is 2.27. The second-order valence-corrected chi connectivity index (χ2v) is 5.97. The fourth-order valence-electron chi connectivity index (χ4n) is 3.37. The lowest BCUT2D eigenvalue weighted by Crippen LogP contribution is -2.47. The summed E-state index contributed by atoms with van der Waals surface area (Å²) in [6, 6.07) is 0.200. The molecule has 0 spiro atoms. The van der Waals surface area contributed by atoms with Gasteiger partial charge in [-0.3, -0.25) is 4.79 Å². The standard InChI is InChI=1S/C14H26N2O.ClH/c1-11(9-12-5-2-3-6-12)14(17)16-8-4-7-13(15)10-16;/h11-13H,2-10,15H2,1H3;1H. The minimum absolute atomic E-state index is 0. The molecule has 18 heavy (non-hydrogen) atoms. The van der Waals surface area contributed by atoms with Crippen LogP contribution < -0.4 is 5.73 Å². The highest BCUT2D eigenvalue weighted by molar-refractivity contribution is 5.85. The van der Waals surface area contributed by atoms with E-state index in [1.165, 1.54) is 25.7 Å². The third-order valence-electron chi connectivity index (χ3n) is 4.35. The molecular weight excluding hydrogens is 248 g/mol. The van der Waals surface area contributed by atoms with Crippen LogP contribution in [0.25, 0.3) is 0 Å². The molecule has 2 N–H and O–H groups in total. The quantitative estimate of drug-likeness (QED) is 0.860. The van der Waals surface area contributed by atoms with Crippen molar-refractivity contribution in [2.75, 3.05) is 13.1 Å². The molecule has 0 aromatic heterocycles. The summed E-state index contributed by atoms with van der Waals surface area (Å²) in [6.45, 7) is 3.79. The fourth-order valence-corrected chi connectivity index (χ4v) is 3.37. The SMILES string of the molecule is CC(CC1CCCC1)C(=O)N1CCCC(N)C1.Cl. The third-order valence-corrected chi connectivity index (χ3v) is 4.35. The number of piperidine rings is 1. The number of hydrogen-bond acceptors (Lipinski definition) is 2. The summed E-state index contributed by atoms with van der Waals surface area (Å²) < 4.78 is 0. The maximum Gasteiger partial charge on any atom is 0.225 e.